The molecule has 0 aliphatic carbocycles. The highest BCUT2D eigenvalue weighted by Gasteiger charge is 1.59. The zero-order chi connectivity index (χ0) is 15.4. The molecule has 102 valence electrons. The van der Waals surface area contributed by atoms with Crippen LogP contribution in [0.4, 0.5) is 0 Å². The maximum atomic E-state index is 3.56. The van der Waals surface area contributed by atoms with E-state index in [4.69, 9.17) is 0 Å². The Morgan fingerprint density at radius 2 is 1.06 bits per heavy atom. The Kier molecular flexibility index (Phi) is 41.1. The van der Waals surface area contributed by atoms with E-state index in [-0.39, 0.29) is 0 Å². The fourth-order valence-electron chi connectivity index (χ4n) is 0.136. The smallest absolute Gasteiger partial charge is 0.0404 e. The van der Waals surface area contributed by atoms with Crippen LogP contribution in [0.5, 0.6) is 0 Å². The molecule has 18 heavy (non-hydrogen) atoms. The fourth-order valence-corrected chi connectivity index (χ4v) is 0.136. The summed E-state index contributed by atoms with van der Waals surface area (Å²) >= 11 is 0. The van der Waals surface area contributed by atoms with E-state index < -0.39 is 0 Å². The molecule has 0 spiro atoms. The Morgan fingerprint density at radius 1 is 0.778 bits per heavy atom. The van der Waals surface area contributed by atoms with Gasteiger partial charge >= 0.3 is 0 Å². The number of rotatable bonds is 3. The van der Waals surface area contributed by atoms with Gasteiger partial charge in [-0.25, -0.2) is 0 Å². The van der Waals surface area contributed by atoms with Gasteiger partial charge < -0.3 is 0 Å². The first kappa shape index (κ1) is 25.1. The standard InChI is InChI=1S/2C5H8.C4H8.C4H6/c1-4-5(2)3;1-3-5-4-2;1-4(2)3;1-3-4-2/h4H,1-2H2,3H3;3-5H,1H2,2H3;1H2,2-3H3;3-4H,1-2H2. The lowest BCUT2D eigenvalue weighted by Crippen LogP contribution is -1.50. The zero-order valence-electron chi connectivity index (χ0n) is 12.7. The summed E-state index contributed by atoms with van der Waals surface area (Å²) in [6.45, 7) is 28.6. The van der Waals surface area contributed by atoms with Gasteiger partial charge in [-0.05, 0) is 27.7 Å². The van der Waals surface area contributed by atoms with Crippen molar-refractivity contribution in [2.45, 2.75) is 27.7 Å². The number of hydrogen-bond donors (Lipinski definition) is 0. The molecule has 0 aromatic heterocycles. The largest absolute Gasteiger partial charge is 0.100 e. The molecule has 0 aliphatic rings. The molecule has 0 radical (unpaired) electrons. The van der Waals surface area contributed by atoms with Gasteiger partial charge in [0.2, 0.25) is 0 Å². The lowest BCUT2D eigenvalue weighted by atomic mass is 10.4. The van der Waals surface area contributed by atoms with Crippen molar-refractivity contribution in [1.29, 1.82) is 0 Å². The average Bonchev–Trinajstić information content (AvgIpc) is 2.30. The highest BCUT2D eigenvalue weighted by Crippen LogP contribution is 1.81. The highest BCUT2D eigenvalue weighted by atomic mass is 13.7. The van der Waals surface area contributed by atoms with Crippen molar-refractivity contribution in [1.82, 2.24) is 0 Å². The summed E-state index contributed by atoms with van der Waals surface area (Å²) in [6.07, 6.45) is 10.6. The molecule has 0 bridgehead atoms. The second kappa shape index (κ2) is 29.5. The molecule has 0 saturated heterocycles. The molecular formula is C18H30. The van der Waals surface area contributed by atoms with Crippen LogP contribution in [0.25, 0.3) is 0 Å². The van der Waals surface area contributed by atoms with E-state index >= 15 is 0 Å². The second-order valence-corrected chi connectivity index (χ2v) is 3.49. The van der Waals surface area contributed by atoms with E-state index in [9.17, 15) is 0 Å². The van der Waals surface area contributed by atoms with Gasteiger partial charge in [0.1, 0.15) is 0 Å². The van der Waals surface area contributed by atoms with Crippen molar-refractivity contribution in [3.8, 4) is 0 Å². The normalized spacial score (nSPS) is 6.89. The Hall–Kier alpha value is -1.82. The third kappa shape index (κ3) is 244. The van der Waals surface area contributed by atoms with Gasteiger partial charge in [0.25, 0.3) is 0 Å². The van der Waals surface area contributed by atoms with E-state index in [0.29, 0.717) is 0 Å². The summed E-state index contributed by atoms with van der Waals surface area (Å²) < 4.78 is 0. The average molecular weight is 246 g/mol. The molecule has 0 N–H and O–H groups in total. The monoisotopic (exact) mass is 246 g/mol. The maximum absolute atomic E-state index is 3.56. The molecule has 0 aromatic carbocycles. The molecule has 0 nitrogen and oxygen atoms in total. The molecule has 0 fully saturated rings. The van der Waals surface area contributed by atoms with E-state index in [1.54, 1.807) is 24.3 Å². The summed E-state index contributed by atoms with van der Waals surface area (Å²) in [5, 5.41) is 0. The van der Waals surface area contributed by atoms with Crippen LogP contribution in [0.1, 0.15) is 27.7 Å². The van der Waals surface area contributed by atoms with E-state index in [2.05, 4.69) is 39.5 Å². The SMILES string of the molecule is C=C(C)C.C=CC(=C)C.C=CC=C.C=CC=CC. The number of allylic oxidation sites excluding steroid dienone is 8. The molecule has 0 atom stereocenters. The van der Waals surface area contributed by atoms with E-state index in [1.165, 1.54) is 5.57 Å². The third-order valence-corrected chi connectivity index (χ3v) is 0.844. The van der Waals surface area contributed by atoms with Crippen LogP contribution in [0.3, 0.4) is 0 Å². The van der Waals surface area contributed by atoms with Crippen LogP contribution in [0.2, 0.25) is 0 Å². The molecule has 0 unspecified atom stereocenters. The minimum atomic E-state index is 1.02. The van der Waals surface area contributed by atoms with Gasteiger partial charge in [0, 0.05) is 0 Å². The number of hydrogen-bond acceptors (Lipinski definition) is 0. The Labute approximate surface area is 115 Å². The molecular weight excluding hydrogens is 216 g/mol. The molecule has 0 aliphatic heterocycles. The van der Waals surface area contributed by atoms with E-state index in [1.807, 2.05) is 39.8 Å². The lowest BCUT2D eigenvalue weighted by molar-refractivity contribution is 1.42. The van der Waals surface area contributed by atoms with Crippen molar-refractivity contribution in [3.63, 3.8) is 0 Å². The van der Waals surface area contributed by atoms with Crippen molar-refractivity contribution in [2.75, 3.05) is 0 Å². The highest BCUT2D eigenvalue weighted by molar-refractivity contribution is 5.05. The lowest BCUT2D eigenvalue weighted by Gasteiger charge is -1.71. The summed E-state index contributed by atoms with van der Waals surface area (Å²) in [4.78, 5) is 0. The zero-order valence-corrected chi connectivity index (χ0v) is 12.7. The quantitative estimate of drug-likeness (QED) is 0.397. The van der Waals surface area contributed by atoms with Gasteiger partial charge in [0.05, 0.1) is 0 Å². The van der Waals surface area contributed by atoms with Crippen LogP contribution in [0, 0.1) is 0 Å². The van der Waals surface area contributed by atoms with Gasteiger partial charge in [-0.3, -0.25) is 0 Å². The van der Waals surface area contributed by atoms with E-state index in [0.717, 1.165) is 5.57 Å². The van der Waals surface area contributed by atoms with Gasteiger partial charge in [-0.1, -0.05) is 80.5 Å². The Morgan fingerprint density at radius 3 is 1.06 bits per heavy atom. The predicted octanol–water partition coefficient (Wildman–Crippen LogP) is 6.44. The maximum Gasteiger partial charge on any atom is -0.0404 e. The topological polar surface area (TPSA) is 0 Å². The van der Waals surface area contributed by atoms with Crippen LogP contribution in [-0.4, -0.2) is 0 Å². The first-order valence-electron chi connectivity index (χ1n) is 5.71. The minimum absolute atomic E-state index is 1.02. The summed E-state index contributed by atoms with van der Waals surface area (Å²) in [6, 6.07) is 0. The van der Waals surface area contributed by atoms with Crippen LogP contribution in [-0.2, 0) is 0 Å². The molecule has 0 saturated carbocycles. The van der Waals surface area contributed by atoms with Gasteiger partial charge in [-0.15, -0.1) is 6.58 Å². The molecule has 0 rings (SSSR count). The first-order valence-corrected chi connectivity index (χ1v) is 5.71. The summed E-state index contributed by atoms with van der Waals surface area (Å²) in [7, 11) is 0. The predicted molar refractivity (Wildman–Crippen MR) is 90.9 cm³/mol. The van der Waals surface area contributed by atoms with Gasteiger partial charge in [-0.2, -0.15) is 0 Å². The molecule has 0 aromatic rings. The molecule has 0 heterocycles. The van der Waals surface area contributed by atoms with Gasteiger partial charge in [0.15, 0.2) is 0 Å². The van der Waals surface area contributed by atoms with Crippen molar-refractivity contribution in [2.24, 2.45) is 0 Å². The van der Waals surface area contributed by atoms with Crippen molar-refractivity contribution >= 4 is 0 Å². The first-order chi connectivity index (χ1) is 8.33. The van der Waals surface area contributed by atoms with Crippen LogP contribution in [0.15, 0.2) is 87.1 Å². The Balaban J connectivity index is -0.0000000731. The van der Waals surface area contributed by atoms with Crippen molar-refractivity contribution < 1.29 is 0 Å². The summed E-state index contributed by atoms with van der Waals surface area (Å²) in [5.74, 6) is 0. The van der Waals surface area contributed by atoms with Crippen LogP contribution < -0.4 is 0 Å². The van der Waals surface area contributed by atoms with Crippen LogP contribution >= 0.6 is 0 Å². The fraction of sp³-hybridized carbons (Fsp3) is 0.222. The summed E-state index contributed by atoms with van der Waals surface area (Å²) in [5.41, 5.74) is 2.19. The Bertz CT molecular complexity index is 252. The molecule has 0 amide bonds. The minimum Gasteiger partial charge on any atom is -0.100 e. The molecule has 0 heteroatoms. The second-order valence-electron chi connectivity index (χ2n) is 3.49. The van der Waals surface area contributed by atoms with Crippen molar-refractivity contribution in [3.05, 3.63) is 87.1 Å². The third-order valence-electron chi connectivity index (χ3n) is 0.844.